The van der Waals surface area contributed by atoms with E-state index in [9.17, 15) is 18.0 Å². The lowest BCUT2D eigenvalue weighted by Gasteiger charge is -2.14. The van der Waals surface area contributed by atoms with Gasteiger partial charge in [0, 0.05) is 12.2 Å². The Hall–Kier alpha value is -2.71. The fourth-order valence-corrected chi connectivity index (χ4v) is 3.91. The van der Waals surface area contributed by atoms with Crippen LogP contribution >= 0.6 is 0 Å². The quantitative estimate of drug-likeness (QED) is 0.642. The van der Waals surface area contributed by atoms with Crippen molar-refractivity contribution < 1.29 is 22.7 Å². The Morgan fingerprint density at radius 3 is 2.28 bits per heavy atom. The maximum absolute atomic E-state index is 12.4. The van der Waals surface area contributed by atoms with Gasteiger partial charge in [-0.3, -0.25) is 9.59 Å². The second-order valence-electron chi connectivity index (χ2n) is 6.90. The molecule has 29 heavy (non-hydrogen) atoms. The summed E-state index contributed by atoms with van der Waals surface area (Å²) in [6.45, 7) is 6.78. The molecule has 156 valence electrons. The number of amides is 1. The Morgan fingerprint density at radius 2 is 1.62 bits per heavy atom. The van der Waals surface area contributed by atoms with Gasteiger partial charge in [-0.25, -0.2) is 13.1 Å². The van der Waals surface area contributed by atoms with E-state index in [1.54, 1.807) is 38.1 Å². The van der Waals surface area contributed by atoms with E-state index in [0.29, 0.717) is 11.3 Å². The van der Waals surface area contributed by atoms with Crippen molar-refractivity contribution in [3.05, 3.63) is 59.2 Å². The highest BCUT2D eigenvalue weighted by Gasteiger charge is 2.20. The number of rotatable bonds is 8. The summed E-state index contributed by atoms with van der Waals surface area (Å²) in [4.78, 5) is 24.3. The predicted octanol–water partition coefficient (Wildman–Crippen LogP) is 2.85. The number of benzene rings is 2. The third-order valence-electron chi connectivity index (χ3n) is 4.25. The number of sulfonamides is 1. The molecule has 0 radical (unpaired) electrons. The van der Waals surface area contributed by atoms with Crippen LogP contribution in [-0.2, 0) is 24.3 Å². The van der Waals surface area contributed by atoms with Gasteiger partial charge in [0.15, 0.2) is 6.10 Å². The van der Waals surface area contributed by atoms with Crippen LogP contribution in [-0.4, -0.2) is 32.9 Å². The number of hydrogen-bond acceptors (Lipinski definition) is 5. The average molecular weight is 419 g/mol. The summed E-state index contributed by atoms with van der Waals surface area (Å²) >= 11 is 0. The molecule has 0 saturated carbocycles. The molecule has 2 rings (SSSR count). The number of esters is 1. The molecule has 0 aliphatic carbocycles. The maximum atomic E-state index is 12.4. The highest BCUT2D eigenvalue weighted by Crippen LogP contribution is 2.16. The van der Waals surface area contributed by atoms with Crippen molar-refractivity contribution in [1.82, 2.24) is 4.72 Å². The number of anilines is 1. The van der Waals surface area contributed by atoms with Crippen molar-refractivity contribution in [1.29, 1.82) is 0 Å². The topological polar surface area (TPSA) is 102 Å². The minimum absolute atomic E-state index is 0.124. The van der Waals surface area contributed by atoms with Gasteiger partial charge in [-0.05, 0) is 57.0 Å². The molecule has 2 N–H and O–H groups in total. The summed E-state index contributed by atoms with van der Waals surface area (Å²) in [6, 6.07) is 12.4. The lowest BCUT2D eigenvalue weighted by Crippen LogP contribution is -2.32. The van der Waals surface area contributed by atoms with Crippen molar-refractivity contribution in [2.24, 2.45) is 0 Å². The molecular formula is C21H26N2O5S. The second-order valence-corrected chi connectivity index (χ2v) is 8.64. The Balaban J connectivity index is 1.83. The van der Waals surface area contributed by atoms with Crippen LogP contribution in [0.15, 0.2) is 47.4 Å². The SMILES string of the molecule is Cc1ccc(NC(=O)[C@H](C)OC(=O)CCNS(=O)(=O)c2cc(C)ccc2C)cc1. The van der Waals surface area contributed by atoms with Gasteiger partial charge in [0.05, 0.1) is 11.3 Å². The molecule has 1 atom stereocenters. The molecule has 0 spiro atoms. The molecule has 7 nitrogen and oxygen atoms in total. The summed E-state index contributed by atoms with van der Waals surface area (Å²) in [6.07, 6.45) is -1.19. The zero-order valence-electron chi connectivity index (χ0n) is 17.0. The van der Waals surface area contributed by atoms with Crippen LogP contribution in [0.3, 0.4) is 0 Å². The standard InChI is InChI=1S/C21H26N2O5S/c1-14-6-9-18(10-7-14)23-21(25)17(4)28-20(24)11-12-22-29(26,27)19-13-15(2)5-8-16(19)3/h5-10,13,17,22H,11-12H2,1-4H3,(H,23,25)/t17-/m0/s1. The Morgan fingerprint density at radius 1 is 1.00 bits per heavy atom. The van der Waals surface area contributed by atoms with E-state index < -0.39 is 28.0 Å². The fourth-order valence-electron chi connectivity index (χ4n) is 2.55. The highest BCUT2D eigenvalue weighted by molar-refractivity contribution is 7.89. The number of aryl methyl sites for hydroxylation is 3. The van der Waals surface area contributed by atoms with E-state index in [2.05, 4.69) is 10.0 Å². The molecule has 0 heterocycles. The Labute approximate surface area is 171 Å². The van der Waals surface area contributed by atoms with E-state index in [4.69, 9.17) is 4.74 Å². The summed E-state index contributed by atoms with van der Waals surface area (Å²) in [5.41, 5.74) is 3.10. The molecule has 0 aromatic heterocycles. The molecule has 2 aromatic rings. The van der Waals surface area contributed by atoms with Gasteiger partial charge in [0.2, 0.25) is 10.0 Å². The van der Waals surface area contributed by atoms with Gasteiger partial charge in [0.25, 0.3) is 5.91 Å². The molecule has 0 aliphatic rings. The van der Waals surface area contributed by atoms with Crippen molar-refractivity contribution in [3.8, 4) is 0 Å². The van der Waals surface area contributed by atoms with Gasteiger partial charge in [0.1, 0.15) is 0 Å². The van der Waals surface area contributed by atoms with Gasteiger partial charge in [-0.15, -0.1) is 0 Å². The minimum Gasteiger partial charge on any atom is -0.452 e. The predicted molar refractivity (Wildman–Crippen MR) is 111 cm³/mol. The monoisotopic (exact) mass is 418 g/mol. The molecule has 8 heteroatoms. The number of hydrogen-bond donors (Lipinski definition) is 2. The lowest BCUT2D eigenvalue weighted by atomic mass is 10.2. The number of ether oxygens (including phenoxy) is 1. The first kappa shape index (κ1) is 22.6. The molecule has 0 fully saturated rings. The number of carbonyl (C=O) groups excluding carboxylic acids is 2. The minimum atomic E-state index is -3.74. The van der Waals surface area contributed by atoms with E-state index in [1.165, 1.54) is 6.92 Å². The van der Waals surface area contributed by atoms with E-state index in [-0.39, 0.29) is 17.9 Å². The first-order chi connectivity index (χ1) is 13.6. The molecule has 0 bridgehead atoms. The van der Waals surface area contributed by atoms with Crippen molar-refractivity contribution in [3.63, 3.8) is 0 Å². The maximum Gasteiger partial charge on any atom is 0.307 e. The summed E-state index contributed by atoms with van der Waals surface area (Å²) in [7, 11) is -3.74. The number of nitrogens with one attached hydrogen (secondary N) is 2. The molecule has 0 saturated heterocycles. The molecule has 2 aromatic carbocycles. The van der Waals surface area contributed by atoms with Gasteiger partial charge < -0.3 is 10.1 Å². The van der Waals surface area contributed by atoms with Crippen LogP contribution in [0.2, 0.25) is 0 Å². The fraction of sp³-hybridized carbons (Fsp3) is 0.333. The zero-order valence-corrected chi connectivity index (χ0v) is 17.8. The second kappa shape index (κ2) is 9.67. The average Bonchev–Trinajstić information content (AvgIpc) is 2.65. The lowest BCUT2D eigenvalue weighted by molar-refractivity contribution is -0.152. The largest absolute Gasteiger partial charge is 0.452 e. The third kappa shape index (κ3) is 6.69. The smallest absolute Gasteiger partial charge is 0.307 e. The normalized spacial score (nSPS) is 12.3. The van der Waals surface area contributed by atoms with Crippen LogP contribution in [0, 0.1) is 20.8 Å². The van der Waals surface area contributed by atoms with Crippen LogP contribution < -0.4 is 10.0 Å². The van der Waals surface area contributed by atoms with Crippen molar-refractivity contribution in [2.75, 3.05) is 11.9 Å². The van der Waals surface area contributed by atoms with Gasteiger partial charge in [-0.2, -0.15) is 0 Å². The zero-order chi connectivity index (χ0) is 21.6. The first-order valence-electron chi connectivity index (χ1n) is 9.22. The van der Waals surface area contributed by atoms with E-state index >= 15 is 0 Å². The van der Waals surface area contributed by atoms with Crippen LogP contribution in [0.4, 0.5) is 5.69 Å². The summed E-state index contributed by atoms with van der Waals surface area (Å²) in [5, 5.41) is 2.66. The molecular weight excluding hydrogens is 392 g/mol. The number of carbonyl (C=O) groups is 2. The Kier molecular flexibility index (Phi) is 7.53. The van der Waals surface area contributed by atoms with Crippen LogP contribution in [0.1, 0.15) is 30.0 Å². The van der Waals surface area contributed by atoms with Crippen LogP contribution in [0.5, 0.6) is 0 Å². The van der Waals surface area contributed by atoms with Crippen molar-refractivity contribution >= 4 is 27.6 Å². The third-order valence-corrected chi connectivity index (χ3v) is 5.85. The molecule has 1 amide bonds. The van der Waals surface area contributed by atoms with Gasteiger partial charge >= 0.3 is 5.97 Å². The van der Waals surface area contributed by atoms with Gasteiger partial charge in [-0.1, -0.05) is 29.8 Å². The van der Waals surface area contributed by atoms with E-state index in [1.807, 2.05) is 25.1 Å². The summed E-state index contributed by atoms with van der Waals surface area (Å²) in [5.74, 6) is -1.13. The Bertz CT molecular complexity index is 985. The molecule has 0 aliphatic heterocycles. The van der Waals surface area contributed by atoms with Crippen molar-refractivity contribution in [2.45, 2.75) is 45.1 Å². The highest BCUT2D eigenvalue weighted by atomic mass is 32.2. The first-order valence-corrected chi connectivity index (χ1v) is 10.7. The van der Waals surface area contributed by atoms with Crippen LogP contribution in [0.25, 0.3) is 0 Å². The van der Waals surface area contributed by atoms with E-state index in [0.717, 1.165) is 11.1 Å². The summed E-state index contributed by atoms with van der Waals surface area (Å²) < 4.78 is 32.3. The molecule has 0 unspecified atom stereocenters.